The Morgan fingerprint density at radius 3 is 2.59 bits per heavy atom. The third kappa shape index (κ3) is 3.76. The highest BCUT2D eigenvalue weighted by Crippen LogP contribution is 2.43. The second-order valence-electron chi connectivity index (χ2n) is 7.34. The average Bonchev–Trinajstić information content (AvgIpc) is 3.39. The van der Waals surface area contributed by atoms with Crippen LogP contribution in [0.25, 0.3) is 11.3 Å². The van der Waals surface area contributed by atoms with Crippen LogP contribution in [0.4, 0.5) is 10.1 Å². The number of hydrogen-bond acceptors (Lipinski definition) is 4. The van der Waals surface area contributed by atoms with Crippen molar-refractivity contribution < 1.29 is 13.9 Å². The molecule has 0 spiro atoms. The van der Waals surface area contributed by atoms with Crippen LogP contribution in [0.15, 0.2) is 87.9 Å². The quantitative estimate of drug-likeness (QED) is 0.323. The number of thiocarbonyl (C=S) groups is 1. The molecule has 32 heavy (non-hydrogen) atoms. The molecule has 0 saturated carbocycles. The number of halogens is 2. The minimum Gasteiger partial charge on any atom is -0.508 e. The molecule has 2 N–H and O–H groups in total. The Bertz CT molecular complexity index is 1280. The minimum absolute atomic E-state index is 0.163. The van der Waals surface area contributed by atoms with Gasteiger partial charge in [0, 0.05) is 16.4 Å². The number of furan rings is 1. The third-order valence-electron chi connectivity index (χ3n) is 5.34. The van der Waals surface area contributed by atoms with E-state index in [2.05, 4.69) is 26.2 Å². The summed E-state index contributed by atoms with van der Waals surface area (Å²) in [7, 11) is 0. The van der Waals surface area contributed by atoms with Gasteiger partial charge in [0.15, 0.2) is 5.11 Å². The van der Waals surface area contributed by atoms with Crippen molar-refractivity contribution in [3.05, 3.63) is 101 Å². The van der Waals surface area contributed by atoms with Crippen LogP contribution < -0.4 is 10.2 Å². The Labute approximate surface area is 197 Å². The molecular formula is C24H17BrFN3O2S. The minimum atomic E-state index is -0.378. The zero-order valence-corrected chi connectivity index (χ0v) is 19.0. The van der Waals surface area contributed by atoms with Gasteiger partial charge < -0.3 is 19.7 Å². The maximum atomic E-state index is 14.5. The summed E-state index contributed by atoms with van der Waals surface area (Å²) < 4.78 is 21.4. The summed E-state index contributed by atoms with van der Waals surface area (Å²) in [6.07, 6.45) is 1.73. The summed E-state index contributed by atoms with van der Waals surface area (Å²) in [5, 5.41) is 13.6. The summed E-state index contributed by atoms with van der Waals surface area (Å²) in [4.78, 5) is 6.43. The van der Waals surface area contributed by atoms with Gasteiger partial charge in [-0.25, -0.2) is 4.39 Å². The fourth-order valence-electron chi connectivity index (χ4n) is 3.88. The van der Waals surface area contributed by atoms with E-state index >= 15 is 0 Å². The number of benzene rings is 2. The van der Waals surface area contributed by atoms with Crippen molar-refractivity contribution in [1.82, 2.24) is 10.3 Å². The van der Waals surface area contributed by atoms with Crippen molar-refractivity contribution in [2.45, 2.75) is 12.1 Å². The van der Waals surface area contributed by atoms with E-state index in [1.807, 2.05) is 29.2 Å². The van der Waals surface area contributed by atoms with Crippen LogP contribution in [-0.4, -0.2) is 15.2 Å². The second-order valence-corrected chi connectivity index (χ2v) is 8.64. The Morgan fingerprint density at radius 1 is 1.06 bits per heavy atom. The predicted octanol–water partition coefficient (Wildman–Crippen LogP) is 6.13. The Balaban J connectivity index is 1.60. The predicted molar refractivity (Wildman–Crippen MR) is 128 cm³/mol. The van der Waals surface area contributed by atoms with Gasteiger partial charge in [0.2, 0.25) is 0 Å². The molecule has 8 heteroatoms. The van der Waals surface area contributed by atoms with Crippen LogP contribution in [0.2, 0.25) is 0 Å². The topological polar surface area (TPSA) is 61.5 Å². The number of pyridine rings is 1. The van der Waals surface area contributed by atoms with E-state index in [0.29, 0.717) is 26.7 Å². The Hall–Kier alpha value is -3.23. The molecule has 4 aromatic rings. The molecule has 1 saturated heterocycles. The lowest BCUT2D eigenvalue weighted by Gasteiger charge is -2.26. The summed E-state index contributed by atoms with van der Waals surface area (Å²) >= 11 is 8.94. The number of phenols is 1. The number of nitrogens with zero attached hydrogens (tertiary/aromatic N) is 2. The van der Waals surface area contributed by atoms with Gasteiger partial charge in [-0.15, -0.1) is 0 Å². The molecule has 5 nitrogen and oxygen atoms in total. The molecule has 160 valence electrons. The van der Waals surface area contributed by atoms with Crippen molar-refractivity contribution in [1.29, 1.82) is 0 Å². The molecule has 1 fully saturated rings. The maximum Gasteiger partial charge on any atom is 0.174 e. The molecule has 2 atom stereocenters. The number of nitrogens with one attached hydrogen (secondary N) is 1. The van der Waals surface area contributed by atoms with Gasteiger partial charge in [0.05, 0.1) is 17.3 Å². The van der Waals surface area contributed by atoms with Crippen molar-refractivity contribution in [2.24, 2.45) is 0 Å². The summed E-state index contributed by atoms with van der Waals surface area (Å²) in [6.45, 7) is 0. The first-order chi connectivity index (χ1) is 15.5. The highest BCUT2D eigenvalue weighted by atomic mass is 79.9. The smallest absolute Gasteiger partial charge is 0.174 e. The lowest BCUT2D eigenvalue weighted by Crippen LogP contribution is -2.29. The number of rotatable bonds is 4. The summed E-state index contributed by atoms with van der Waals surface area (Å²) in [6, 6.07) is 20.3. The fourth-order valence-corrected chi connectivity index (χ4v) is 4.56. The zero-order valence-electron chi connectivity index (χ0n) is 16.6. The van der Waals surface area contributed by atoms with Crippen molar-refractivity contribution in [2.75, 3.05) is 4.90 Å². The van der Waals surface area contributed by atoms with Gasteiger partial charge in [0.25, 0.3) is 0 Å². The monoisotopic (exact) mass is 509 g/mol. The Kier molecular flexibility index (Phi) is 5.40. The number of aromatic hydroxyl groups is 1. The van der Waals surface area contributed by atoms with E-state index in [1.54, 1.807) is 48.7 Å². The van der Waals surface area contributed by atoms with Crippen LogP contribution in [0.1, 0.15) is 23.5 Å². The highest BCUT2D eigenvalue weighted by molar-refractivity contribution is 9.10. The van der Waals surface area contributed by atoms with Crippen LogP contribution in [0.5, 0.6) is 5.75 Å². The van der Waals surface area contributed by atoms with E-state index < -0.39 is 0 Å². The molecule has 0 radical (unpaired) electrons. The molecule has 2 unspecified atom stereocenters. The lowest BCUT2D eigenvalue weighted by atomic mass is 10.0. The summed E-state index contributed by atoms with van der Waals surface area (Å²) in [5.74, 6) is 0.819. The molecule has 1 aliphatic heterocycles. The molecule has 3 heterocycles. The first-order valence-corrected chi connectivity index (χ1v) is 11.1. The van der Waals surface area contributed by atoms with Crippen molar-refractivity contribution in [3.8, 4) is 17.1 Å². The van der Waals surface area contributed by atoms with Gasteiger partial charge in [-0.3, -0.25) is 4.98 Å². The number of phenolic OH excluding ortho intramolecular Hbond substituents is 1. The largest absolute Gasteiger partial charge is 0.508 e. The standard InChI is InChI=1S/C24H17BrFN3O2S/c25-14-4-9-17(18(26)13-14)20-10-11-21(31-20)23-22(19-3-1-2-12-27-19)28-24(32)29(23)15-5-7-16(30)8-6-15/h1-13,22-23,30H,(H,28,32). The van der Waals surface area contributed by atoms with Crippen molar-refractivity contribution >= 4 is 38.9 Å². The first kappa shape index (κ1) is 20.7. The molecule has 0 bridgehead atoms. The van der Waals surface area contributed by atoms with Crippen LogP contribution in [0, 0.1) is 5.82 Å². The molecule has 0 aliphatic carbocycles. The second kappa shape index (κ2) is 8.37. The van der Waals surface area contributed by atoms with Crippen LogP contribution in [0.3, 0.4) is 0 Å². The molecule has 0 amide bonds. The van der Waals surface area contributed by atoms with Crippen molar-refractivity contribution in [3.63, 3.8) is 0 Å². The van der Waals surface area contributed by atoms with E-state index in [1.165, 1.54) is 6.07 Å². The van der Waals surface area contributed by atoms with E-state index in [-0.39, 0.29) is 23.7 Å². The fraction of sp³-hybridized carbons (Fsp3) is 0.0833. The lowest BCUT2D eigenvalue weighted by molar-refractivity contribution is 0.438. The first-order valence-electron chi connectivity index (χ1n) is 9.86. The SMILES string of the molecule is Oc1ccc(N2C(=S)NC(c3ccccn3)C2c2ccc(-c3ccc(Br)cc3F)o2)cc1. The van der Waals surface area contributed by atoms with E-state index in [0.717, 1.165) is 11.4 Å². The van der Waals surface area contributed by atoms with E-state index in [9.17, 15) is 9.50 Å². The molecule has 2 aromatic carbocycles. The third-order valence-corrected chi connectivity index (χ3v) is 6.15. The van der Waals surface area contributed by atoms with Crippen LogP contribution >= 0.6 is 28.1 Å². The van der Waals surface area contributed by atoms with Gasteiger partial charge in [0.1, 0.15) is 29.1 Å². The highest BCUT2D eigenvalue weighted by Gasteiger charge is 2.42. The van der Waals surface area contributed by atoms with Gasteiger partial charge in [-0.2, -0.15) is 0 Å². The Morgan fingerprint density at radius 2 is 1.88 bits per heavy atom. The van der Waals surface area contributed by atoms with E-state index in [4.69, 9.17) is 16.6 Å². The molecule has 5 rings (SSSR count). The van der Waals surface area contributed by atoms with Crippen LogP contribution in [-0.2, 0) is 0 Å². The van der Waals surface area contributed by atoms with Gasteiger partial charge in [-0.05, 0) is 78.9 Å². The maximum absolute atomic E-state index is 14.5. The zero-order chi connectivity index (χ0) is 22.2. The normalized spacial score (nSPS) is 18.1. The average molecular weight is 510 g/mol. The number of aromatic nitrogens is 1. The molecular weight excluding hydrogens is 493 g/mol. The number of anilines is 1. The van der Waals surface area contributed by atoms with Gasteiger partial charge >= 0.3 is 0 Å². The molecule has 2 aromatic heterocycles. The summed E-state index contributed by atoms with van der Waals surface area (Å²) in [5.41, 5.74) is 1.96. The molecule has 1 aliphatic rings. The van der Waals surface area contributed by atoms with Gasteiger partial charge in [-0.1, -0.05) is 22.0 Å². The number of hydrogen-bond donors (Lipinski definition) is 2.